The number of rotatable bonds is 6. The van der Waals surface area contributed by atoms with Crippen molar-refractivity contribution in [1.82, 2.24) is 0 Å². The maximum Gasteiger partial charge on any atom is 0.226 e. The highest BCUT2D eigenvalue weighted by molar-refractivity contribution is 5.94. The van der Waals surface area contributed by atoms with Gasteiger partial charge in [0.2, 0.25) is 5.91 Å². The Morgan fingerprint density at radius 1 is 0.909 bits per heavy atom. The molecule has 4 nitrogen and oxygen atoms in total. The van der Waals surface area contributed by atoms with Gasteiger partial charge in [0.15, 0.2) is 5.78 Å². The summed E-state index contributed by atoms with van der Waals surface area (Å²) in [4.78, 5) is 23.0. The molecule has 0 radical (unpaired) electrons. The lowest BCUT2D eigenvalue weighted by Gasteiger charge is -2.08. The van der Waals surface area contributed by atoms with Gasteiger partial charge >= 0.3 is 0 Å². The van der Waals surface area contributed by atoms with E-state index < -0.39 is 0 Å². The van der Waals surface area contributed by atoms with E-state index in [4.69, 9.17) is 0 Å². The standard InChI is InChI=1S/C18H20N2O2/c1-13-3-7-17(8-4-13)20-18(22)11-12-19-16-9-5-15(6-10-16)14(2)21/h3-10,19H,11-12H2,1-2H3,(H,20,22). The second kappa shape index (κ2) is 7.41. The molecular weight excluding hydrogens is 276 g/mol. The van der Waals surface area contributed by atoms with Crippen LogP contribution in [0.1, 0.15) is 29.3 Å². The zero-order valence-electron chi connectivity index (χ0n) is 12.8. The molecule has 1 amide bonds. The SMILES string of the molecule is CC(=O)c1ccc(NCCC(=O)Nc2ccc(C)cc2)cc1. The van der Waals surface area contributed by atoms with E-state index in [0.717, 1.165) is 16.9 Å². The molecule has 2 aromatic rings. The summed E-state index contributed by atoms with van der Waals surface area (Å²) in [5.74, 6) is 0.0146. The molecule has 4 heteroatoms. The Morgan fingerprint density at radius 3 is 2.09 bits per heavy atom. The smallest absolute Gasteiger partial charge is 0.226 e. The largest absolute Gasteiger partial charge is 0.385 e. The van der Waals surface area contributed by atoms with Crippen LogP contribution >= 0.6 is 0 Å². The second-order valence-corrected chi connectivity index (χ2v) is 5.22. The number of Topliss-reactive ketones (excluding diaryl/α,β-unsaturated/α-hetero) is 1. The summed E-state index contributed by atoms with van der Waals surface area (Å²) in [5.41, 5.74) is 3.55. The van der Waals surface area contributed by atoms with Crippen LogP contribution in [0, 0.1) is 6.92 Å². The first-order valence-corrected chi connectivity index (χ1v) is 7.26. The molecule has 114 valence electrons. The summed E-state index contributed by atoms with van der Waals surface area (Å²) in [6.07, 6.45) is 0.377. The third-order valence-electron chi connectivity index (χ3n) is 3.31. The zero-order chi connectivity index (χ0) is 15.9. The van der Waals surface area contributed by atoms with Gasteiger partial charge in [0.25, 0.3) is 0 Å². The van der Waals surface area contributed by atoms with Crippen LogP contribution in [0.2, 0.25) is 0 Å². The molecule has 2 rings (SSSR count). The summed E-state index contributed by atoms with van der Waals surface area (Å²) in [7, 11) is 0. The number of aryl methyl sites for hydroxylation is 1. The molecule has 22 heavy (non-hydrogen) atoms. The second-order valence-electron chi connectivity index (χ2n) is 5.22. The summed E-state index contributed by atoms with van der Waals surface area (Å²) in [6.45, 7) is 4.09. The van der Waals surface area contributed by atoms with E-state index in [-0.39, 0.29) is 11.7 Å². The molecule has 0 aliphatic carbocycles. The van der Waals surface area contributed by atoms with E-state index in [1.807, 2.05) is 43.3 Å². The van der Waals surface area contributed by atoms with E-state index in [2.05, 4.69) is 10.6 Å². The Bertz CT molecular complexity index is 646. The third-order valence-corrected chi connectivity index (χ3v) is 3.31. The first-order valence-electron chi connectivity index (χ1n) is 7.26. The van der Waals surface area contributed by atoms with Gasteiger partial charge in [0.05, 0.1) is 0 Å². The first kappa shape index (κ1) is 15.8. The Morgan fingerprint density at radius 2 is 1.50 bits per heavy atom. The minimum Gasteiger partial charge on any atom is -0.385 e. The summed E-state index contributed by atoms with van der Waals surface area (Å²) in [6, 6.07) is 14.9. The maximum absolute atomic E-state index is 11.8. The van der Waals surface area contributed by atoms with E-state index in [0.29, 0.717) is 18.5 Å². The van der Waals surface area contributed by atoms with Crippen molar-refractivity contribution in [3.8, 4) is 0 Å². The van der Waals surface area contributed by atoms with Gasteiger partial charge in [-0.1, -0.05) is 17.7 Å². The third kappa shape index (κ3) is 4.74. The van der Waals surface area contributed by atoms with Crippen molar-refractivity contribution < 1.29 is 9.59 Å². The fraction of sp³-hybridized carbons (Fsp3) is 0.222. The number of nitrogens with one attached hydrogen (secondary N) is 2. The molecule has 2 N–H and O–H groups in total. The highest BCUT2D eigenvalue weighted by Crippen LogP contribution is 2.11. The van der Waals surface area contributed by atoms with Gasteiger partial charge < -0.3 is 10.6 Å². The lowest BCUT2D eigenvalue weighted by molar-refractivity contribution is -0.115. The highest BCUT2D eigenvalue weighted by Gasteiger charge is 2.03. The van der Waals surface area contributed by atoms with Gasteiger partial charge in [0, 0.05) is 29.9 Å². The summed E-state index contributed by atoms with van der Waals surface area (Å²) >= 11 is 0. The predicted octanol–water partition coefficient (Wildman–Crippen LogP) is 3.64. The lowest BCUT2D eigenvalue weighted by atomic mass is 10.1. The number of anilines is 2. The Labute approximate surface area is 130 Å². The van der Waals surface area contributed by atoms with Crippen LogP contribution < -0.4 is 10.6 Å². The molecule has 0 aliphatic heterocycles. The minimum absolute atomic E-state index is 0.0308. The molecule has 0 fully saturated rings. The Balaban J connectivity index is 1.77. The molecule has 0 saturated carbocycles. The first-order chi connectivity index (χ1) is 10.5. The number of benzene rings is 2. The molecule has 0 aliphatic rings. The lowest BCUT2D eigenvalue weighted by Crippen LogP contribution is -2.16. The average molecular weight is 296 g/mol. The van der Waals surface area contributed by atoms with Crippen LogP contribution in [0.4, 0.5) is 11.4 Å². The topological polar surface area (TPSA) is 58.2 Å². The van der Waals surface area contributed by atoms with Crippen LogP contribution in [-0.4, -0.2) is 18.2 Å². The van der Waals surface area contributed by atoms with Crippen LogP contribution in [0.5, 0.6) is 0 Å². The average Bonchev–Trinajstić information content (AvgIpc) is 2.50. The number of ketones is 1. The van der Waals surface area contributed by atoms with E-state index >= 15 is 0 Å². The predicted molar refractivity (Wildman–Crippen MR) is 89.4 cm³/mol. The van der Waals surface area contributed by atoms with Crippen LogP contribution in [0.15, 0.2) is 48.5 Å². The molecule has 0 aromatic heterocycles. The van der Waals surface area contributed by atoms with Crippen molar-refractivity contribution >= 4 is 23.1 Å². The fourth-order valence-corrected chi connectivity index (χ4v) is 2.00. The van der Waals surface area contributed by atoms with Gasteiger partial charge in [-0.15, -0.1) is 0 Å². The van der Waals surface area contributed by atoms with Crippen molar-refractivity contribution in [3.05, 3.63) is 59.7 Å². The number of hydrogen-bond donors (Lipinski definition) is 2. The zero-order valence-corrected chi connectivity index (χ0v) is 12.8. The van der Waals surface area contributed by atoms with E-state index in [9.17, 15) is 9.59 Å². The molecule has 0 unspecified atom stereocenters. The van der Waals surface area contributed by atoms with Gasteiger partial charge in [-0.05, 0) is 50.2 Å². The highest BCUT2D eigenvalue weighted by atomic mass is 16.1. The quantitative estimate of drug-likeness (QED) is 0.800. The normalized spacial score (nSPS) is 10.1. The molecule has 0 atom stereocenters. The van der Waals surface area contributed by atoms with Crippen molar-refractivity contribution in [3.63, 3.8) is 0 Å². The van der Waals surface area contributed by atoms with Crippen molar-refractivity contribution in [2.45, 2.75) is 20.3 Å². The van der Waals surface area contributed by atoms with Crippen LogP contribution in [-0.2, 0) is 4.79 Å². The van der Waals surface area contributed by atoms with Crippen molar-refractivity contribution in [2.75, 3.05) is 17.2 Å². The fourth-order valence-electron chi connectivity index (χ4n) is 2.00. The Hall–Kier alpha value is -2.62. The summed E-state index contributed by atoms with van der Waals surface area (Å²) < 4.78 is 0. The van der Waals surface area contributed by atoms with Gasteiger partial charge in [-0.25, -0.2) is 0 Å². The Kier molecular flexibility index (Phi) is 5.31. The number of hydrogen-bond acceptors (Lipinski definition) is 3. The molecular formula is C18H20N2O2. The monoisotopic (exact) mass is 296 g/mol. The number of carbonyl (C=O) groups excluding carboxylic acids is 2. The van der Waals surface area contributed by atoms with Crippen molar-refractivity contribution in [1.29, 1.82) is 0 Å². The molecule has 2 aromatic carbocycles. The molecule has 0 saturated heterocycles. The maximum atomic E-state index is 11.8. The molecule has 0 bridgehead atoms. The minimum atomic E-state index is -0.0308. The number of amides is 1. The summed E-state index contributed by atoms with van der Waals surface area (Å²) in [5, 5.41) is 6.02. The van der Waals surface area contributed by atoms with Crippen LogP contribution in [0.3, 0.4) is 0 Å². The van der Waals surface area contributed by atoms with Crippen LogP contribution in [0.25, 0.3) is 0 Å². The van der Waals surface area contributed by atoms with Crippen molar-refractivity contribution in [2.24, 2.45) is 0 Å². The van der Waals surface area contributed by atoms with E-state index in [1.54, 1.807) is 12.1 Å². The van der Waals surface area contributed by atoms with Gasteiger partial charge in [-0.3, -0.25) is 9.59 Å². The molecule has 0 heterocycles. The van der Waals surface area contributed by atoms with Gasteiger partial charge in [-0.2, -0.15) is 0 Å². The van der Waals surface area contributed by atoms with Gasteiger partial charge in [0.1, 0.15) is 0 Å². The van der Waals surface area contributed by atoms with E-state index in [1.165, 1.54) is 6.92 Å². The number of carbonyl (C=O) groups is 2. The molecule has 0 spiro atoms.